The van der Waals surface area contributed by atoms with E-state index in [4.69, 9.17) is 9.47 Å². The lowest BCUT2D eigenvalue weighted by molar-refractivity contribution is 0.0600. The van der Waals surface area contributed by atoms with Crippen molar-refractivity contribution in [3.8, 4) is 5.75 Å². The summed E-state index contributed by atoms with van der Waals surface area (Å²) in [5.74, 6) is -0.185. The second kappa shape index (κ2) is 12.1. The van der Waals surface area contributed by atoms with Crippen LogP contribution in [0.25, 0.3) is 0 Å². The number of carbonyl (C=O) groups is 3. The molecule has 3 aromatic rings. The molecule has 0 atom stereocenters. The number of piperazine rings is 1. The molecule has 0 bridgehead atoms. The SMILES string of the molecule is CCCOc1cccc(C(=O)Nc2cc(C(=O)OC)ccc2N2CCN(C(=O)c3ccccc3)CC2)c1. The number of rotatable bonds is 8. The van der Waals surface area contributed by atoms with Gasteiger partial charge in [-0.1, -0.05) is 31.2 Å². The van der Waals surface area contributed by atoms with Gasteiger partial charge in [-0.25, -0.2) is 4.79 Å². The molecule has 0 aromatic heterocycles. The Hall–Kier alpha value is -4.33. The summed E-state index contributed by atoms with van der Waals surface area (Å²) >= 11 is 0. The predicted octanol–water partition coefficient (Wildman–Crippen LogP) is 4.48. The van der Waals surface area contributed by atoms with Crippen LogP contribution in [0.2, 0.25) is 0 Å². The van der Waals surface area contributed by atoms with E-state index < -0.39 is 5.97 Å². The molecular weight excluding hydrogens is 470 g/mol. The van der Waals surface area contributed by atoms with Gasteiger partial charge in [-0.05, 0) is 55.0 Å². The average molecular weight is 502 g/mol. The molecule has 1 N–H and O–H groups in total. The number of nitrogens with zero attached hydrogens (tertiary/aromatic N) is 2. The van der Waals surface area contributed by atoms with Crippen molar-refractivity contribution in [2.24, 2.45) is 0 Å². The summed E-state index contributed by atoms with van der Waals surface area (Å²) in [6.07, 6.45) is 0.865. The summed E-state index contributed by atoms with van der Waals surface area (Å²) in [7, 11) is 1.32. The molecule has 8 heteroatoms. The first kappa shape index (κ1) is 25.8. The fourth-order valence-electron chi connectivity index (χ4n) is 4.21. The zero-order valence-electron chi connectivity index (χ0n) is 21.1. The molecule has 0 radical (unpaired) electrons. The summed E-state index contributed by atoms with van der Waals surface area (Å²) in [6, 6.07) is 21.3. The van der Waals surface area contributed by atoms with E-state index in [2.05, 4.69) is 10.2 Å². The molecular formula is C29H31N3O5. The lowest BCUT2D eigenvalue weighted by Gasteiger charge is -2.37. The predicted molar refractivity (Wildman–Crippen MR) is 143 cm³/mol. The van der Waals surface area contributed by atoms with Gasteiger partial charge in [0.1, 0.15) is 5.75 Å². The van der Waals surface area contributed by atoms with Crippen LogP contribution in [0, 0.1) is 0 Å². The Morgan fingerprint density at radius 1 is 0.838 bits per heavy atom. The van der Waals surface area contributed by atoms with Crippen LogP contribution in [-0.4, -0.2) is 62.6 Å². The largest absolute Gasteiger partial charge is 0.494 e. The summed E-state index contributed by atoms with van der Waals surface area (Å²) in [5.41, 5.74) is 2.71. The van der Waals surface area contributed by atoms with E-state index in [1.165, 1.54) is 7.11 Å². The fourth-order valence-corrected chi connectivity index (χ4v) is 4.21. The van der Waals surface area contributed by atoms with Crippen molar-refractivity contribution in [3.63, 3.8) is 0 Å². The van der Waals surface area contributed by atoms with E-state index >= 15 is 0 Å². The van der Waals surface area contributed by atoms with Crippen LogP contribution in [0.5, 0.6) is 5.75 Å². The van der Waals surface area contributed by atoms with Crippen molar-refractivity contribution in [2.45, 2.75) is 13.3 Å². The fraction of sp³-hybridized carbons (Fsp3) is 0.276. The number of amides is 2. The number of carbonyl (C=O) groups excluding carboxylic acids is 3. The lowest BCUT2D eigenvalue weighted by atomic mass is 10.1. The van der Waals surface area contributed by atoms with Gasteiger partial charge < -0.3 is 24.6 Å². The van der Waals surface area contributed by atoms with E-state index in [0.717, 1.165) is 12.1 Å². The summed E-state index contributed by atoms with van der Waals surface area (Å²) in [5, 5.41) is 2.96. The number of benzene rings is 3. The first-order chi connectivity index (χ1) is 18.0. The Kier molecular flexibility index (Phi) is 8.40. The number of methoxy groups -OCH3 is 1. The summed E-state index contributed by atoms with van der Waals surface area (Å²) < 4.78 is 10.5. The highest BCUT2D eigenvalue weighted by Crippen LogP contribution is 2.30. The van der Waals surface area contributed by atoms with Gasteiger partial charge >= 0.3 is 5.97 Å². The Morgan fingerprint density at radius 2 is 1.57 bits per heavy atom. The van der Waals surface area contributed by atoms with E-state index in [-0.39, 0.29) is 11.8 Å². The van der Waals surface area contributed by atoms with Gasteiger partial charge in [-0.3, -0.25) is 9.59 Å². The highest BCUT2D eigenvalue weighted by Gasteiger charge is 2.25. The van der Waals surface area contributed by atoms with E-state index in [1.54, 1.807) is 36.4 Å². The van der Waals surface area contributed by atoms with Crippen LogP contribution in [0.3, 0.4) is 0 Å². The first-order valence-electron chi connectivity index (χ1n) is 12.4. The third-order valence-electron chi connectivity index (χ3n) is 6.16. The number of anilines is 2. The van der Waals surface area contributed by atoms with Gasteiger partial charge in [-0.2, -0.15) is 0 Å². The molecule has 0 unspecified atom stereocenters. The molecule has 4 rings (SSSR count). The Morgan fingerprint density at radius 3 is 2.27 bits per heavy atom. The highest BCUT2D eigenvalue weighted by atomic mass is 16.5. The number of esters is 1. The highest BCUT2D eigenvalue weighted by molar-refractivity contribution is 6.07. The van der Waals surface area contributed by atoms with E-state index in [1.807, 2.05) is 48.2 Å². The van der Waals surface area contributed by atoms with Gasteiger partial charge in [0, 0.05) is 37.3 Å². The van der Waals surface area contributed by atoms with Crippen LogP contribution in [0.15, 0.2) is 72.8 Å². The van der Waals surface area contributed by atoms with Crippen LogP contribution >= 0.6 is 0 Å². The number of hydrogen-bond donors (Lipinski definition) is 1. The van der Waals surface area contributed by atoms with Crippen molar-refractivity contribution < 1.29 is 23.9 Å². The molecule has 1 fully saturated rings. The van der Waals surface area contributed by atoms with Gasteiger partial charge in [0.15, 0.2) is 0 Å². The number of ether oxygens (including phenoxy) is 2. The Labute approximate surface area is 216 Å². The van der Waals surface area contributed by atoms with Crippen LogP contribution < -0.4 is 15.0 Å². The molecule has 3 aromatic carbocycles. The maximum atomic E-state index is 13.2. The minimum absolute atomic E-state index is 0.0000100. The minimum atomic E-state index is -0.490. The summed E-state index contributed by atoms with van der Waals surface area (Å²) in [4.78, 5) is 42.1. The Bertz CT molecular complexity index is 1250. The first-order valence-corrected chi connectivity index (χ1v) is 12.4. The van der Waals surface area contributed by atoms with Crippen molar-refractivity contribution >= 4 is 29.2 Å². The van der Waals surface area contributed by atoms with Crippen LogP contribution in [0.4, 0.5) is 11.4 Å². The molecule has 1 aliphatic rings. The molecule has 192 valence electrons. The van der Waals surface area contributed by atoms with Crippen molar-refractivity contribution in [1.82, 2.24) is 4.90 Å². The van der Waals surface area contributed by atoms with Gasteiger partial charge in [0.05, 0.1) is 30.7 Å². The van der Waals surface area contributed by atoms with Crippen molar-refractivity contribution in [2.75, 3.05) is 50.1 Å². The molecule has 8 nitrogen and oxygen atoms in total. The smallest absolute Gasteiger partial charge is 0.337 e. The second-order valence-corrected chi connectivity index (χ2v) is 8.70. The second-order valence-electron chi connectivity index (χ2n) is 8.70. The van der Waals surface area contributed by atoms with Gasteiger partial charge in [0.2, 0.25) is 0 Å². The van der Waals surface area contributed by atoms with E-state index in [0.29, 0.717) is 60.9 Å². The monoisotopic (exact) mass is 501 g/mol. The standard InChI is InChI=1S/C29H31N3O5/c1-3-18-37-24-11-7-10-22(19-24)27(33)30-25-20-23(29(35)36-2)12-13-26(25)31-14-16-32(17-15-31)28(34)21-8-5-4-6-9-21/h4-13,19-20H,3,14-18H2,1-2H3,(H,30,33). The van der Waals surface area contributed by atoms with Crippen molar-refractivity contribution in [1.29, 1.82) is 0 Å². The normalized spacial score (nSPS) is 13.1. The molecule has 1 saturated heterocycles. The number of nitrogens with one attached hydrogen (secondary N) is 1. The zero-order valence-corrected chi connectivity index (χ0v) is 21.1. The molecule has 1 aliphatic heterocycles. The Balaban J connectivity index is 1.53. The molecule has 0 aliphatic carbocycles. The van der Waals surface area contributed by atoms with Crippen LogP contribution in [0.1, 0.15) is 44.4 Å². The van der Waals surface area contributed by atoms with E-state index in [9.17, 15) is 14.4 Å². The topological polar surface area (TPSA) is 88.2 Å². The average Bonchev–Trinajstić information content (AvgIpc) is 2.96. The minimum Gasteiger partial charge on any atom is -0.494 e. The lowest BCUT2D eigenvalue weighted by Crippen LogP contribution is -2.49. The molecule has 2 amide bonds. The maximum absolute atomic E-state index is 13.2. The number of hydrogen-bond acceptors (Lipinski definition) is 6. The quantitative estimate of drug-likeness (QED) is 0.458. The zero-order chi connectivity index (χ0) is 26.2. The summed E-state index contributed by atoms with van der Waals surface area (Å²) in [6.45, 7) is 4.82. The maximum Gasteiger partial charge on any atom is 0.337 e. The third kappa shape index (κ3) is 6.27. The molecule has 0 spiro atoms. The third-order valence-corrected chi connectivity index (χ3v) is 6.16. The molecule has 37 heavy (non-hydrogen) atoms. The molecule has 1 heterocycles. The molecule has 0 saturated carbocycles. The van der Waals surface area contributed by atoms with Gasteiger partial charge in [0.25, 0.3) is 11.8 Å². The van der Waals surface area contributed by atoms with Crippen LogP contribution in [-0.2, 0) is 4.74 Å². The van der Waals surface area contributed by atoms with Gasteiger partial charge in [-0.15, -0.1) is 0 Å². The van der Waals surface area contributed by atoms with Crippen molar-refractivity contribution in [3.05, 3.63) is 89.5 Å².